The van der Waals surface area contributed by atoms with E-state index in [-0.39, 0.29) is 11.6 Å². The number of ether oxygens (including phenoxy) is 1. The summed E-state index contributed by atoms with van der Waals surface area (Å²) in [5.74, 6) is -0.579. The molecule has 0 bridgehead atoms. The van der Waals surface area contributed by atoms with E-state index in [1.54, 1.807) is 20.8 Å². The third-order valence-corrected chi connectivity index (χ3v) is 2.95. The fourth-order valence-corrected chi connectivity index (χ4v) is 2.06. The van der Waals surface area contributed by atoms with Gasteiger partial charge in [-0.15, -0.1) is 0 Å². The minimum atomic E-state index is -0.676. The second-order valence-electron chi connectivity index (χ2n) is 5.43. The maximum Gasteiger partial charge on any atom is 0.419 e. The summed E-state index contributed by atoms with van der Waals surface area (Å²) in [7, 11) is 0. The van der Waals surface area contributed by atoms with Crippen molar-refractivity contribution in [1.29, 1.82) is 0 Å². The molecule has 108 valence electrons. The summed E-state index contributed by atoms with van der Waals surface area (Å²) >= 11 is 5.75. The predicted octanol–water partition coefficient (Wildman–Crippen LogP) is 3.71. The molecule has 0 atom stereocenters. The van der Waals surface area contributed by atoms with Gasteiger partial charge in [-0.3, -0.25) is 0 Å². The number of hydrogen-bond acceptors (Lipinski definition) is 3. The number of benzene rings is 1. The van der Waals surface area contributed by atoms with Crippen LogP contribution in [0.3, 0.4) is 0 Å². The lowest BCUT2D eigenvalue weighted by atomic mass is 10.2. The van der Waals surface area contributed by atoms with Gasteiger partial charge in [0.2, 0.25) is 0 Å². The molecule has 0 saturated heterocycles. The zero-order valence-electron chi connectivity index (χ0n) is 11.4. The molecule has 0 saturated carbocycles. The lowest BCUT2D eigenvalue weighted by Crippen LogP contribution is -2.28. The minimum Gasteiger partial charge on any atom is -0.443 e. The van der Waals surface area contributed by atoms with Crippen LogP contribution < -0.4 is 0 Å². The van der Waals surface area contributed by atoms with Gasteiger partial charge in [0.15, 0.2) is 0 Å². The summed E-state index contributed by atoms with van der Waals surface area (Å²) in [5.41, 5.74) is 0.0372. The Hall–Kier alpha value is -1.59. The lowest BCUT2D eigenvalue weighted by molar-refractivity contribution is 0.0533. The van der Waals surface area contributed by atoms with E-state index in [2.05, 4.69) is 0 Å². The van der Waals surface area contributed by atoms with Crippen molar-refractivity contribution in [1.82, 2.24) is 4.57 Å². The van der Waals surface area contributed by atoms with Crippen LogP contribution in [0.15, 0.2) is 18.2 Å². The molecule has 1 aromatic carbocycles. The summed E-state index contributed by atoms with van der Waals surface area (Å²) in [6.07, 6.45) is -0.640. The molecule has 0 aliphatic rings. The van der Waals surface area contributed by atoms with E-state index in [0.29, 0.717) is 16.6 Å². The van der Waals surface area contributed by atoms with Gasteiger partial charge in [-0.1, -0.05) is 11.6 Å². The molecule has 1 heterocycles. The Balaban J connectivity index is 2.61. The van der Waals surface area contributed by atoms with Crippen LogP contribution in [0.4, 0.5) is 9.18 Å². The first-order valence-corrected chi connectivity index (χ1v) is 6.44. The second kappa shape index (κ2) is 5.07. The van der Waals surface area contributed by atoms with E-state index >= 15 is 0 Å². The van der Waals surface area contributed by atoms with Gasteiger partial charge in [-0.2, -0.15) is 0 Å². The van der Waals surface area contributed by atoms with Gasteiger partial charge < -0.3 is 9.84 Å². The molecule has 0 radical (unpaired) electrons. The van der Waals surface area contributed by atoms with Crippen LogP contribution in [0.25, 0.3) is 10.9 Å². The Morgan fingerprint density at radius 1 is 1.40 bits per heavy atom. The van der Waals surface area contributed by atoms with Gasteiger partial charge in [0.05, 0.1) is 22.8 Å². The predicted molar refractivity (Wildman–Crippen MR) is 74.5 cm³/mol. The minimum absolute atomic E-state index is 0.0927. The number of carbonyl (C=O) groups is 1. The van der Waals surface area contributed by atoms with Crippen molar-refractivity contribution >= 4 is 28.6 Å². The number of rotatable bonds is 1. The molecule has 0 spiro atoms. The number of halogens is 2. The molecule has 0 unspecified atom stereocenters. The molecular formula is C14H15ClFNO3. The maximum absolute atomic E-state index is 13.4. The number of nitrogens with zero attached hydrogens (tertiary/aromatic N) is 1. The second-order valence-corrected chi connectivity index (χ2v) is 5.84. The summed E-state index contributed by atoms with van der Waals surface area (Å²) < 4.78 is 19.9. The molecule has 4 nitrogen and oxygen atoms in total. The third-order valence-electron chi connectivity index (χ3n) is 2.66. The maximum atomic E-state index is 13.4. The molecule has 20 heavy (non-hydrogen) atoms. The number of fused-ring (bicyclic) bond motifs is 1. The molecule has 0 amide bonds. The van der Waals surface area contributed by atoms with Crippen LogP contribution in [0.5, 0.6) is 0 Å². The van der Waals surface area contributed by atoms with E-state index in [0.717, 1.165) is 0 Å². The van der Waals surface area contributed by atoms with Gasteiger partial charge >= 0.3 is 6.09 Å². The smallest absolute Gasteiger partial charge is 0.419 e. The molecule has 0 aliphatic heterocycles. The summed E-state index contributed by atoms with van der Waals surface area (Å²) in [5, 5.41) is 9.73. The number of aliphatic hydroxyl groups excluding tert-OH is 1. The summed E-state index contributed by atoms with van der Waals surface area (Å²) in [6, 6.07) is 4.09. The molecule has 0 aliphatic carbocycles. The molecule has 1 N–H and O–H groups in total. The highest BCUT2D eigenvalue weighted by molar-refractivity contribution is 6.31. The van der Waals surface area contributed by atoms with Crippen LogP contribution in [-0.4, -0.2) is 21.4 Å². The standard InChI is InChI=1S/C14H15ClFNO3/c1-14(2,3)20-13(19)17-9(7-18)4-8-5-11(16)10(15)6-12(8)17/h4-6,18H,7H2,1-3H3. The zero-order valence-corrected chi connectivity index (χ0v) is 12.2. The summed E-state index contributed by atoms with van der Waals surface area (Å²) in [6.45, 7) is 4.85. The molecule has 2 rings (SSSR count). The van der Waals surface area contributed by atoms with Crippen LogP contribution in [-0.2, 0) is 11.3 Å². The lowest BCUT2D eigenvalue weighted by Gasteiger charge is -2.20. The van der Waals surface area contributed by atoms with Gasteiger partial charge in [-0.25, -0.2) is 13.8 Å². The van der Waals surface area contributed by atoms with Crippen LogP contribution in [0.1, 0.15) is 26.5 Å². The Bertz CT molecular complexity index is 673. The number of carbonyl (C=O) groups excluding carboxylic acids is 1. The van der Waals surface area contributed by atoms with Gasteiger partial charge in [0.25, 0.3) is 0 Å². The largest absolute Gasteiger partial charge is 0.443 e. The van der Waals surface area contributed by atoms with E-state index in [1.807, 2.05) is 0 Å². The first-order valence-electron chi connectivity index (χ1n) is 6.06. The van der Waals surface area contributed by atoms with Crippen molar-refractivity contribution in [2.75, 3.05) is 0 Å². The van der Waals surface area contributed by atoms with Crippen LogP contribution >= 0.6 is 11.6 Å². The van der Waals surface area contributed by atoms with E-state index in [1.165, 1.54) is 22.8 Å². The Morgan fingerprint density at radius 2 is 2.05 bits per heavy atom. The third kappa shape index (κ3) is 2.78. The molecule has 2 aromatic rings. The van der Waals surface area contributed by atoms with Crippen LogP contribution in [0.2, 0.25) is 5.02 Å². The Labute approximate surface area is 120 Å². The first kappa shape index (κ1) is 14.8. The van der Waals surface area contributed by atoms with Gasteiger partial charge in [0.1, 0.15) is 11.4 Å². The molecule has 6 heteroatoms. The quantitative estimate of drug-likeness (QED) is 0.873. The topological polar surface area (TPSA) is 51.5 Å². The average molecular weight is 300 g/mol. The highest BCUT2D eigenvalue weighted by atomic mass is 35.5. The number of hydrogen-bond donors (Lipinski definition) is 1. The van der Waals surface area contributed by atoms with Crippen LogP contribution in [0, 0.1) is 5.82 Å². The van der Waals surface area contributed by atoms with Crippen molar-refractivity contribution in [3.63, 3.8) is 0 Å². The normalized spacial score (nSPS) is 11.9. The van der Waals surface area contributed by atoms with Crippen molar-refractivity contribution in [3.05, 3.63) is 34.7 Å². The van der Waals surface area contributed by atoms with Crippen molar-refractivity contribution in [2.24, 2.45) is 0 Å². The van der Waals surface area contributed by atoms with Gasteiger partial charge in [0, 0.05) is 5.39 Å². The van der Waals surface area contributed by atoms with Gasteiger partial charge in [-0.05, 0) is 39.0 Å². The zero-order chi connectivity index (χ0) is 15.1. The fourth-order valence-electron chi connectivity index (χ4n) is 1.90. The van der Waals surface area contributed by atoms with E-state index in [9.17, 15) is 14.3 Å². The van der Waals surface area contributed by atoms with Crippen molar-refractivity contribution in [2.45, 2.75) is 33.0 Å². The average Bonchev–Trinajstić information content (AvgIpc) is 2.65. The highest BCUT2D eigenvalue weighted by Gasteiger charge is 2.22. The Kier molecular flexibility index (Phi) is 3.75. The number of aromatic nitrogens is 1. The molecular weight excluding hydrogens is 285 g/mol. The fraction of sp³-hybridized carbons (Fsp3) is 0.357. The van der Waals surface area contributed by atoms with E-state index < -0.39 is 17.5 Å². The SMILES string of the molecule is CC(C)(C)OC(=O)n1c(CO)cc2cc(F)c(Cl)cc21. The summed E-state index contributed by atoms with van der Waals surface area (Å²) in [4.78, 5) is 12.2. The van der Waals surface area contributed by atoms with Crippen molar-refractivity contribution < 1.29 is 19.0 Å². The first-order chi connectivity index (χ1) is 9.23. The van der Waals surface area contributed by atoms with E-state index in [4.69, 9.17) is 16.3 Å². The Morgan fingerprint density at radius 3 is 2.60 bits per heavy atom. The monoisotopic (exact) mass is 299 g/mol. The molecule has 1 aromatic heterocycles. The molecule has 0 fully saturated rings. The highest BCUT2D eigenvalue weighted by Crippen LogP contribution is 2.27. The van der Waals surface area contributed by atoms with Crippen molar-refractivity contribution in [3.8, 4) is 0 Å². The number of aliphatic hydroxyl groups is 1.